The Morgan fingerprint density at radius 2 is 1.52 bits per heavy atom. The van der Waals surface area contributed by atoms with Crippen LogP contribution in [0.2, 0.25) is 0 Å². The molecule has 0 bridgehead atoms. The van der Waals surface area contributed by atoms with Gasteiger partial charge in [-0.25, -0.2) is 8.78 Å². The van der Waals surface area contributed by atoms with Crippen molar-refractivity contribution in [2.45, 2.75) is 57.9 Å². The Morgan fingerprint density at radius 1 is 0.860 bits per heavy atom. The summed E-state index contributed by atoms with van der Waals surface area (Å²) in [6.45, 7) is 4.88. The van der Waals surface area contributed by atoms with Gasteiger partial charge in [-0.15, -0.1) is 0 Å². The Kier molecular flexibility index (Phi) is 10.4. The largest absolute Gasteiger partial charge is 0.416 e. The van der Waals surface area contributed by atoms with Crippen molar-refractivity contribution in [3.05, 3.63) is 135 Å². The minimum Gasteiger partial charge on any atom is -0.334 e. The third kappa shape index (κ3) is 7.78. The Morgan fingerprint density at radius 3 is 2.18 bits per heavy atom. The molecule has 2 heterocycles. The first-order valence-corrected chi connectivity index (χ1v) is 16.7. The van der Waals surface area contributed by atoms with Crippen LogP contribution in [0.15, 0.2) is 95.8 Å². The number of hydrogen-bond acceptors (Lipinski definition) is 4. The number of benzene rings is 4. The standard InChI is InChI=1S/C39H37F5N4O2/c1-2-46-22-20-31(21-23-46)47(24-26-10-12-27(13-11-26)28-14-17-30(18-15-28)39(42,43)44)36(49)25-48-34-9-4-3-7-32(34)38(50)45-35(48)19-16-29-6-5-8-33(40)37(29)41/h3-15,17-18,31H,2,16,19-25H2,1H3. The van der Waals surface area contributed by atoms with E-state index in [-0.39, 0.29) is 36.9 Å². The van der Waals surface area contributed by atoms with Crippen molar-refractivity contribution in [2.24, 2.45) is 0 Å². The number of halogens is 5. The molecule has 11 heteroatoms. The molecule has 0 unspecified atom stereocenters. The molecule has 0 aliphatic carbocycles. The number of carbonyl (C=O) groups excluding carboxylic acids is 1. The van der Waals surface area contributed by atoms with Gasteiger partial charge in [0, 0.05) is 32.1 Å². The van der Waals surface area contributed by atoms with E-state index < -0.39 is 28.9 Å². The lowest BCUT2D eigenvalue weighted by molar-refractivity contribution is -0.137. The van der Waals surface area contributed by atoms with Crippen LogP contribution in [0, 0.1) is 11.6 Å². The summed E-state index contributed by atoms with van der Waals surface area (Å²) in [5.41, 5.74) is 1.75. The molecule has 1 saturated heterocycles. The number of fused-ring (bicyclic) bond motifs is 1. The third-order valence-corrected chi connectivity index (χ3v) is 9.53. The zero-order valence-electron chi connectivity index (χ0n) is 27.6. The minimum atomic E-state index is -4.41. The second-order valence-corrected chi connectivity index (χ2v) is 12.6. The number of carbonyl (C=O) groups is 1. The average molecular weight is 689 g/mol. The average Bonchev–Trinajstić information content (AvgIpc) is 3.12. The highest BCUT2D eigenvalue weighted by Crippen LogP contribution is 2.31. The van der Waals surface area contributed by atoms with Crippen molar-refractivity contribution < 1.29 is 26.7 Å². The van der Waals surface area contributed by atoms with Gasteiger partial charge < -0.3 is 14.4 Å². The van der Waals surface area contributed by atoms with E-state index >= 15 is 0 Å². The number of amides is 1. The van der Waals surface area contributed by atoms with Crippen LogP contribution in [0.5, 0.6) is 0 Å². The van der Waals surface area contributed by atoms with Gasteiger partial charge >= 0.3 is 6.18 Å². The highest BCUT2D eigenvalue weighted by atomic mass is 19.4. The lowest BCUT2D eigenvalue weighted by Gasteiger charge is -2.38. The van der Waals surface area contributed by atoms with Gasteiger partial charge in [-0.05, 0) is 78.4 Å². The van der Waals surface area contributed by atoms with Gasteiger partial charge in [0.15, 0.2) is 11.6 Å². The summed E-state index contributed by atoms with van der Waals surface area (Å²) >= 11 is 0. The molecule has 260 valence electrons. The molecule has 0 radical (unpaired) electrons. The third-order valence-electron chi connectivity index (χ3n) is 9.53. The lowest BCUT2D eigenvalue weighted by atomic mass is 10.00. The SMILES string of the molecule is CCN1CCC(N(Cc2ccc(-c3ccc(C(F)(F)F)cc3)cc2)C(=O)Cn2c(CCc3cccc(F)c3F)nc(=O)c3ccccc32)CC1. The predicted octanol–water partition coefficient (Wildman–Crippen LogP) is 7.66. The molecule has 1 aliphatic heterocycles. The maximum atomic E-state index is 14.5. The van der Waals surface area contributed by atoms with Crippen molar-refractivity contribution in [2.75, 3.05) is 19.6 Å². The number of aryl methyl sites for hydroxylation is 2. The number of rotatable bonds is 10. The molecule has 1 amide bonds. The van der Waals surface area contributed by atoms with Gasteiger partial charge in [0.25, 0.3) is 5.56 Å². The summed E-state index contributed by atoms with van der Waals surface area (Å²) in [6, 6.07) is 23.2. The highest BCUT2D eigenvalue weighted by molar-refractivity contribution is 5.82. The van der Waals surface area contributed by atoms with E-state index in [9.17, 15) is 31.5 Å². The molecule has 1 fully saturated rings. The van der Waals surface area contributed by atoms with Crippen LogP contribution in [-0.4, -0.2) is 50.9 Å². The van der Waals surface area contributed by atoms with Crippen LogP contribution < -0.4 is 5.56 Å². The topological polar surface area (TPSA) is 58.4 Å². The number of para-hydroxylation sites is 1. The summed E-state index contributed by atoms with van der Waals surface area (Å²) in [5, 5.41) is 0.350. The quantitative estimate of drug-likeness (QED) is 0.142. The van der Waals surface area contributed by atoms with Gasteiger partial charge in [0.05, 0.1) is 16.5 Å². The molecular weight excluding hydrogens is 651 g/mol. The number of piperidine rings is 1. The number of hydrogen-bond donors (Lipinski definition) is 0. The lowest BCUT2D eigenvalue weighted by Crippen LogP contribution is -2.48. The first-order chi connectivity index (χ1) is 24.0. The van der Waals surface area contributed by atoms with Crippen LogP contribution in [0.25, 0.3) is 22.0 Å². The second-order valence-electron chi connectivity index (χ2n) is 12.6. The molecule has 50 heavy (non-hydrogen) atoms. The zero-order valence-corrected chi connectivity index (χ0v) is 27.6. The van der Waals surface area contributed by atoms with E-state index in [0.29, 0.717) is 28.8 Å². The van der Waals surface area contributed by atoms with Crippen LogP contribution in [-0.2, 0) is 36.9 Å². The molecular formula is C39H37F5N4O2. The first-order valence-electron chi connectivity index (χ1n) is 16.7. The summed E-state index contributed by atoms with van der Waals surface area (Å²) in [6.07, 6.45) is -2.68. The number of aromatic nitrogens is 2. The summed E-state index contributed by atoms with van der Waals surface area (Å²) < 4.78 is 69.4. The number of nitrogens with zero attached hydrogens (tertiary/aromatic N) is 4. The molecule has 4 aromatic carbocycles. The smallest absolute Gasteiger partial charge is 0.334 e. The molecule has 5 aromatic rings. The van der Waals surface area contributed by atoms with Crippen LogP contribution in [0.3, 0.4) is 0 Å². The normalized spacial score (nSPS) is 14.3. The van der Waals surface area contributed by atoms with E-state index in [0.717, 1.165) is 61.8 Å². The fourth-order valence-electron chi connectivity index (χ4n) is 6.67. The van der Waals surface area contributed by atoms with Crippen molar-refractivity contribution in [1.82, 2.24) is 19.4 Å². The van der Waals surface area contributed by atoms with E-state index in [1.54, 1.807) is 28.8 Å². The van der Waals surface area contributed by atoms with Gasteiger partial charge in [-0.3, -0.25) is 9.59 Å². The van der Waals surface area contributed by atoms with Gasteiger partial charge in [0.1, 0.15) is 12.4 Å². The zero-order chi connectivity index (χ0) is 35.4. The maximum absolute atomic E-state index is 14.5. The molecule has 0 saturated carbocycles. The first kappa shape index (κ1) is 34.9. The Hall–Kier alpha value is -4.90. The summed E-state index contributed by atoms with van der Waals surface area (Å²) in [5.74, 6) is -1.79. The molecule has 1 aliphatic rings. The monoisotopic (exact) mass is 688 g/mol. The van der Waals surface area contributed by atoms with E-state index in [1.165, 1.54) is 24.3 Å². The Balaban J connectivity index is 1.29. The maximum Gasteiger partial charge on any atom is 0.416 e. The Bertz CT molecular complexity index is 2020. The van der Waals surface area contributed by atoms with Gasteiger partial charge in [0.2, 0.25) is 5.91 Å². The molecule has 6 nitrogen and oxygen atoms in total. The van der Waals surface area contributed by atoms with Crippen LogP contribution >= 0.6 is 0 Å². The highest BCUT2D eigenvalue weighted by Gasteiger charge is 2.31. The van der Waals surface area contributed by atoms with Gasteiger partial charge in [-0.2, -0.15) is 18.2 Å². The summed E-state index contributed by atoms with van der Waals surface area (Å²) in [7, 11) is 0. The van der Waals surface area contributed by atoms with E-state index in [4.69, 9.17) is 0 Å². The van der Waals surface area contributed by atoms with Crippen molar-refractivity contribution in [3.8, 4) is 11.1 Å². The molecule has 1 aromatic heterocycles. The van der Waals surface area contributed by atoms with Crippen molar-refractivity contribution in [3.63, 3.8) is 0 Å². The number of alkyl halides is 3. The molecule has 6 rings (SSSR count). The number of likely N-dealkylation sites (tertiary alicyclic amines) is 1. The minimum absolute atomic E-state index is 0.0525. The fourth-order valence-corrected chi connectivity index (χ4v) is 6.67. The molecule has 0 N–H and O–H groups in total. The molecule has 0 atom stereocenters. The Labute approximate surface area is 286 Å². The fraction of sp³-hybridized carbons (Fsp3) is 0.308. The van der Waals surface area contributed by atoms with E-state index in [1.807, 2.05) is 29.2 Å². The van der Waals surface area contributed by atoms with Gasteiger partial charge in [-0.1, -0.05) is 67.6 Å². The second kappa shape index (κ2) is 14.9. The van der Waals surface area contributed by atoms with Crippen LogP contribution in [0.1, 0.15) is 42.3 Å². The predicted molar refractivity (Wildman–Crippen MR) is 182 cm³/mol. The van der Waals surface area contributed by atoms with E-state index in [2.05, 4.69) is 16.8 Å². The van der Waals surface area contributed by atoms with Crippen LogP contribution in [0.4, 0.5) is 22.0 Å². The summed E-state index contributed by atoms with van der Waals surface area (Å²) in [4.78, 5) is 35.9. The molecule has 0 spiro atoms. The van der Waals surface area contributed by atoms with Crippen molar-refractivity contribution in [1.29, 1.82) is 0 Å². The van der Waals surface area contributed by atoms with Crippen molar-refractivity contribution >= 4 is 16.8 Å².